The minimum Gasteiger partial charge on any atom is -0.352 e. The molecule has 2 heterocycles. The highest BCUT2D eigenvalue weighted by Gasteiger charge is 2.17. The SMILES string of the molecule is O=C(Cc1ccncc1)NCc1ccc(C(=O)N2CCCCC2)cc1. The number of nitrogens with one attached hydrogen (secondary N) is 1. The molecule has 0 atom stereocenters. The summed E-state index contributed by atoms with van der Waals surface area (Å²) in [4.78, 5) is 30.3. The summed E-state index contributed by atoms with van der Waals surface area (Å²) < 4.78 is 0. The van der Waals surface area contributed by atoms with E-state index in [1.54, 1.807) is 12.4 Å². The van der Waals surface area contributed by atoms with E-state index in [2.05, 4.69) is 10.3 Å². The number of carbonyl (C=O) groups excluding carboxylic acids is 2. The molecule has 1 aromatic heterocycles. The van der Waals surface area contributed by atoms with Crippen LogP contribution in [0.3, 0.4) is 0 Å². The second-order valence-electron chi connectivity index (χ2n) is 6.36. The van der Waals surface area contributed by atoms with Crippen LogP contribution < -0.4 is 5.32 Å². The second-order valence-corrected chi connectivity index (χ2v) is 6.36. The zero-order chi connectivity index (χ0) is 17.5. The summed E-state index contributed by atoms with van der Waals surface area (Å²) >= 11 is 0. The average molecular weight is 337 g/mol. The van der Waals surface area contributed by atoms with Crippen LogP contribution in [0.25, 0.3) is 0 Å². The molecule has 0 bridgehead atoms. The monoisotopic (exact) mass is 337 g/mol. The van der Waals surface area contributed by atoms with E-state index in [0.717, 1.165) is 37.1 Å². The van der Waals surface area contributed by atoms with Gasteiger partial charge in [-0.25, -0.2) is 0 Å². The third kappa shape index (κ3) is 4.89. The van der Waals surface area contributed by atoms with Crippen LogP contribution in [-0.2, 0) is 17.8 Å². The van der Waals surface area contributed by atoms with Gasteiger partial charge in [-0.05, 0) is 54.7 Å². The molecular weight excluding hydrogens is 314 g/mol. The van der Waals surface area contributed by atoms with Gasteiger partial charge in [0.25, 0.3) is 5.91 Å². The molecule has 0 unspecified atom stereocenters. The van der Waals surface area contributed by atoms with Gasteiger partial charge in [-0.3, -0.25) is 14.6 Å². The Morgan fingerprint density at radius 2 is 1.60 bits per heavy atom. The molecule has 1 N–H and O–H groups in total. The van der Waals surface area contributed by atoms with Gasteiger partial charge in [0.1, 0.15) is 0 Å². The van der Waals surface area contributed by atoms with E-state index in [-0.39, 0.29) is 11.8 Å². The number of amides is 2. The Labute approximate surface area is 148 Å². The molecule has 5 nitrogen and oxygen atoms in total. The number of aromatic nitrogens is 1. The molecule has 1 fully saturated rings. The number of nitrogens with zero attached hydrogens (tertiary/aromatic N) is 2. The van der Waals surface area contributed by atoms with Crippen molar-refractivity contribution in [2.75, 3.05) is 13.1 Å². The molecule has 1 saturated heterocycles. The third-order valence-corrected chi connectivity index (χ3v) is 4.45. The molecule has 0 saturated carbocycles. The van der Waals surface area contributed by atoms with E-state index in [1.165, 1.54) is 6.42 Å². The van der Waals surface area contributed by atoms with Crippen LogP contribution in [0.2, 0.25) is 0 Å². The number of pyridine rings is 1. The molecule has 1 aliphatic rings. The Kier molecular flexibility index (Phi) is 5.77. The highest BCUT2D eigenvalue weighted by atomic mass is 16.2. The molecule has 3 rings (SSSR count). The molecular formula is C20H23N3O2. The fraction of sp³-hybridized carbons (Fsp3) is 0.350. The van der Waals surface area contributed by atoms with Crippen molar-refractivity contribution in [3.63, 3.8) is 0 Å². The highest BCUT2D eigenvalue weighted by Crippen LogP contribution is 2.14. The lowest BCUT2D eigenvalue weighted by atomic mass is 10.1. The first-order valence-electron chi connectivity index (χ1n) is 8.76. The molecule has 130 valence electrons. The van der Waals surface area contributed by atoms with Crippen LogP contribution >= 0.6 is 0 Å². The number of piperidine rings is 1. The zero-order valence-electron chi connectivity index (χ0n) is 14.3. The first-order chi connectivity index (χ1) is 12.2. The largest absolute Gasteiger partial charge is 0.352 e. The van der Waals surface area contributed by atoms with Crippen molar-refractivity contribution in [3.8, 4) is 0 Å². The van der Waals surface area contributed by atoms with E-state index in [9.17, 15) is 9.59 Å². The summed E-state index contributed by atoms with van der Waals surface area (Å²) in [5.41, 5.74) is 2.64. The van der Waals surface area contributed by atoms with Crippen LogP contribution in [0.4, 0.5) is 0 Å². The molecule has 0 radical (unpaired) electrons. The normalized spacial score (nSPS) is 14.2. The van der Waals surface area contributed by atoms with Crippen molar-refractivity contribution >= 4 is 11.8 Å². The van der Waals surface area contributed by atoms with Gasteiger partial charge in [-0.2, -0.15) is 0 Å². The molecule has 1 aliphatic heterocycles. The van der Waals surface area contributed by atoms with Gasteiger partial charge in [0.05, 0.1) is 6.42 Å². The Morgan fingerprint density at radius 1 is 0.920 bits per heavy atom. The van der Waals surface area contributed by atoms with Crippen molar-refractivity contribution in [1.82, 2.24) is 15.2 Å². The predicted octanol–water partition coefficient (Wildman–Crippen LogP) is 2.57. The van der Waals surface area contributed by atoms with Crippen molar-refractivity contribution in [1.29, 1.82) is 0 Å². The van der Waals surface area contributed by atoms with Gasteiger partial charge >= 0.3 is 0 Å². The van der Waals surface area contributed by atoms with Crippen LogP contribution in [0.5, 0.6) is 0 Å². The number of benzene rings is 1. The summed E-state index contributed by atoms with van der Waals surface area (Å²) in [5.74, 6) is 0.0765. The van der Waals surface area contributed by atoms with Crippen LogP contribution in [0.1, 0.15) is 40.7 Å². The third-order valence-electron chi connectivity index (χ3n) is 4.45. The number of carbonyl (C=O) groups is 2. The quantitative estimate of drug-likeness (QED) is 0.912. The van der Waals surface area contributed by atoms with Crippen molar-refractivity contribution in [2.24, 2.45) is 0 Å². The summed E-state index contributed by atoms with van der Waals surface area (Å²) in [6, 6.07) is 11.2. The van der Waals surface area contributed by atoms with Crippen molar-refractivity contribution < 1.29 is 9.59 Å². The Morgan fingerprint density at radius 3 is 2.28 bits per heavy atom. The van der Waals surface area contributed by atoms with E-state index in [4.69, 9.17) is 0 Å². The minimum absolute atomic E-state index is 0.0281. The lowest BCUT2D eigenvalue weighted by Crippen LogP contribution is -2.35. The fourth-order valence-corrected chi connectivity index (χ4v) is 2.99. The molecule has 2 aromatic rings. The topological polar surface area (TPSA) is 62.3 Å². The van der Waals surface area contributed by atoms with E-state index in [0.29, 0.717) is 18.5 Å². The van der Waals surface area contributed by atoms with Gasteiger partial charge < -0.3 is 10.2 Å². The number of hydrogen-bond acceptors (Lipinski definition) is 3. The molecule has 5 heteroatoms. The maximum atomic E-state index is 12.4. The average Bonchev–Trinajstić information content (AvgIpc) is 2.68. The van der Waals surface area contributed by atoms with Gasteiger partial charge in [0, 0.05) is 37.6 Å². The maximum absolute atomic E-state index is 12.4. The van der Waals surface area contributed by atoms with Crippen LogP contribution in [0, 0.1) is 0 Å². The first-order valence-corrected chi connectivity index (χ1v) is 8.76. The minimum atomic E-state index is -0.0281. The molecule has 0 aliphatic carbocycles. The number of hydrogen-bond donors (Lipinski definition) is 1. The van der Waals surface area contributed by atoms with Crippen LogP contribution in [-0.4, -0.2) is 34.8 Å². The second kappa shape index (κ2) is 8.42. The van der Waals surface area contributed by atoms with Crippen LogP contribution in [0.15, 0.2) is 48.8 Å². The van der Waals surface area contributed by atoms with E-state index in [1.807, 2.05) is 41.3 Å². The van der Waals surface area contributed by atoms with E-state index >= 15 is 0 Å². The van der Waals surface area contributed by atoms with Gasteiger partial charge in [-0.1, -0.05) is 12.1 Å². The van der Waals surface area contributed by atoms with Crippen molar-refractivity contribution in [2.45, 2.75) is 32.2 Å². The van der Waals surface area contributed by atoms with Gasteiger partial charge in [0.15, 0.2) is 0 Å². The summed E-state index contributed by atoms with van der Waals surface area (Å²) in [6.45, 7) is 2.17. The fourth-order valence-electron chi connectivity index (χ4n) is 2.99. The van der Waals surface area contributed by atoms with Gasteiger partial charge in [0.2, 0.25) is 5.91 Å². The van der Waals surface area contributed by atoms with Crippen molar-refractivity contribution in [3.05, 3.63) is 65.5 Å². The number of rotatable bonds is 5. The first kappa shape index (κ1) is 17.1. The summed E-state index contributed by atoms with van der Waals surface area (Å²) in [5, 5.41) is 2.90. The maximum Gasteiger partial charge on any atom is 0.253 e. The summed E-state index contributed by atoms with van der Waals surface area (Å²) in [6.07, 6.45) is 7.10. The standard InChI is InChI=1S/C20H23N3O2/c24-19(14-16-8-10-21-11-9-16)22-15-17-4-6-18(7-5-17)20(25)23-12-2-1-3-13-23/h4-11H,1-3,12-15H2,(H,22,24). The molecule has 25 heavy (non-hydrogen) atoms. The Bertz CT molecular complexity index is 707. The van der Waals surface area contributed by atoms with Gasteiger partial charge in [-0.15, -0.1) is 0 Å². The lowest BCUT2D eigenvalue weighted by Gasteiger charge is -2.26. The zero-order valence-corrected chi connectivity index (χ0v) is 14.3. The summed E-state index contributed by atoms with van der Waals surface area (Å²) in [7, 11) is 0. The number of likely N-dealkylation sites (tertiary alicyclic amines) is 1. The molecule has 0 spiro atoms. The Hall–Kier alpha value is -2.69. The highest BCUT2D eigenvalue weighted by molar-refractivity contribution is 5.94. The predicted molar refractivity (Wildman–Crippen MR) is 96.0 cm³/mol. The Balaban J connectivity index is 1.50. The van der Waals surface area contributed by atoms with E-state index < -0.39 is 0 Å². The smallest absolute Gasteiger partial charge is 0.253 e. The lowest BCUT2D eigenvalue weighted by molar-refractivity contribution is -0.120. The molecule has 2 amide bonds. The molecule has 1 aromatic carbocycles.